The highest BCUT2D eigenvalue weighted by Gasteiger charge is 2.31. The molecule has 1 aliphatic heterocycles. The van der Waals surface area contributed by atoms with Crippen molar-refractivity contribution in [3.63, 3.8) is 0 Å². The SMILES string of the molecule is OCCc1nc(-c2ccccc2)ccc1N1CCC(Oc2ccc(C(F)(F)F)cn2)C1. The first-order chi connectivity index (χ1) is 14.9. The monoisotopic (exact) mass is 429 g/mol. The highest BCUT2D eigenvalue weighted by Crippen LogP contribution is 2.31. The minimum absolute atomic E-state index is 0.0124. The predicted molar refractivity (Wildman–Crippen MR) is 111 cm³/mol. The van der Waals surface area contributed by atoms with Gasteiger partial charge in [-0.3, -0.25) is 4.98 Å². The van der Waals surface area contributed by atoms with Crippen molar-refractivity contribution in [3.05, 3.63) is 72.1 Å². The van der Waals surface area contributed by atoms with Crippen LogP contribution in [0.5, 0.6) is 5.88 Å². The Morgan fingerprint density at radius 1 is 1.06 bits per heavy atom. The predicted octanol–water partition coefficient (Wildman–Crippen LogP) is 4.35. The topological polar surface area (TPSA) is 58.5 Å². The van der Waals surface area contributed by atoms with Crippen LogP contribution >= 0.6 is 0 Å². The van der Waals surface area contributed by atoms with E-state index in [1.165, 1.54) is 6.07 Å². The Balaban J connectivity index is 1.47. The Morgan fingerprint density at radius 2 is 1.87 bits per heavy atom. The lowest BCUT2D eigenvalue weighted by molar-refractivity contribution is -0.137. The van der Waals surface area contributed by atoms with Crippen LogP contribution in [-0.2, 0) is 12.6 Å². The van der Waals surface area contributed by atoms with Crippen LogP contribution in [-0.4, -0.2) is 40.9 Å². The number of aromatic nitrogens is 2. The molecule has 1 aromatic carbocycles. The third kappa shape index (κ3) is 4.96. The van der Waals surface area contributed by atoms with Crippen LogP contribution in [0, 0.1) is 0 Å². The molecule has 2 aromatic heterocycles. The van der Waals surface area contributed by atoms with Gasteiger partial charge in [0.2, 0.25) is 5.88 Å². The Bertz CT molecular complexity index is 1010. The molecule has 0 bridgehead atoms. The van der Waals surface area contributed by atoms with Crippen molar-refractivity contribution >= 4 is 5.69 Å². The maximum absolute atomic E-state index is 12.7. The van der Waals surface area contributed by atoms with E-state index in [0.717, 1.165) is 41.4 Å². The molecule has 0 spiro atoms. The summed E-state index contributed by atoms with van der Waals surface area (Å²) in [6.07, 6.45) is -2.69. The number of rotatable bonds is 6. The van der Waals surface area contributed by atoms with E-state index in [4.69, 9.17) is 9.72 Å². The lowest BCUT2D eigenvalue weighted by atomic mass is 10.1. The molecule has 1 saturated heterocycles. The van der Waals surface area contributed by atoms with Crippen LogP contribution in [0.2, 0.25) is 0 Å². The first-order valence-corrected chi connectivity index (χ1v) is 10.0. The molecule has 0 radical (unpaired) electrons. The van der Waals surface area contributed by atoms with Crippen LogP contribution < -0.4 is 9.64 Å². The van der Waals surface area contributed by atoms with Gasteiger partial charge >= 0.3 is 6.18 Å². The Hall–Kier alpha value is -3.13. The van der Waals surface area contributed by atoms with Gasteiger partial charge in [0.25, 0.3) is 0 Å². The smallest absolute Gasteiger partial charge is 0.417 e. The van der Waals surface area contributed by atoms with E-state index in [0.29, 0.717) is 19.4 Å². The number of aliphatic hydroxyl groups excluding tert-OH is 1. The highest BCUT2D eigenvalue weighted by molar-refractivity contribution is 5.63. The van der Waals surface area contributed by atoms with Gasteiger partial charge in [0.05, 0.1) is 29.2 Å². The molecule has 0 amide bonds. The molecule has 0 aliphatic carbocycles. The molecule has 5 nitrogen and oxygen atoms in total. The second kappa shape index (κ2) is 8.93. The molecule has 3 heterocycles. The zero-order valence-electron chi connectivity index (χ0n) is 16.7. The summed E-state index contributed by atoms with van der Waals surface area (Å²) in [7, 11) is 0. The van der Waals surface area contributed by atoms with Crippen molar-refractivity contribution in [3.8, 4) is 17.1 Å². The number of pyridine rings is 2. The van der Waals surface area contributed by atoms with Crippen molar-refractivity contribution < 1.29 is 23.0 Å². The largest absolute Gasteiger partial charge is 0.472 e. The van der Waals surface area contributed by atoms with Gasteiger partial charge in [-0.2, -0.15) is 13.2 Å². The summed E-state index contributed by atoms with van der Waals surface area (Å²) in [5.41, 5.74) is 2.78. The quantitative estimate of drug-likeness (QED) is 0.631. The second-order valence-electron chi connectivity index (χ2n) is 7.36. The third-order valence-electron chi connectivity index (χ3n) is 5.21. The van der Waals surface area contributed by atoms with E-state index in [-0.39, 0.29) is 18.6 Å². The number of hydrogen-bond donors (Lipinski definition) is 1. The molecule has 1 N–H and O–H groups in total. The fraction of sp³-hybridized carbons (Fsp3) is 0.304. The molecule has 1 unspecified atom stereocenters. The van der Waals surface area contributed by atoms with Crippen molar-refractivity contribution in [2.75, 3.05) is 24.6 Å². The first kappa shape index (κ1) is 21.1. The van der Waals surface area contributed by atoms with Gasteiger partial charge in [-0.1, -0.05) is 30.3 Å². The highest BCUT2D eigenvalue weighted by atomic mass is 19.4. The van der Waals surface area contributed by atoms with Crippen LogP contribution in [0.1, 0.15) is 17.7 Å². The lowest BCUT2D eigenvalue weighted by Crippen LogP contribution is -2.26. The van der Waals surface area contributed by atoms with Gasteiger partial charge in [-0.25, -0.2) is 4.98 Å². The van der Waals surface area contributed by atoms with Crippen molar-refractivity contribution in [2.45, 2.75) is 25.1 Å². The summed E-state index contributed by atoms with van der Waals surface area (Å²) in [4.78, 5) is 10.7. The molecule has 0 saturated carbocycles. The average molecular weight is 429 g/mol. The number of benzene rings is 1. The average Bonchev–Trinajstić information content (AvgIpc) is 3.22. The zero-order chi connectivity index (χ0) is 21.8. The summed E-state index contributed by atoms with van der Waals surface area (Å²) >= 11 is 0. The van der Waals surface area contributed by atoms with Crippen LogP contribution in [0.4, 0.5) is 18.9 Å². The number of halogens is 3. The van der Waals surface area contributed by atoms with Gasteiger partial charge in [0, 0.05) is 43.8 Å². The summed E-state index contributed by atoms with van der Waals surface area (Å²) in [5, 5.41) is 9.50. The number of hydrogen-bond acceptors (Lipinski definition) is 5. The molecule has 162 valence electrons. The zero-order valence-corrected chi connectivity index (χ0v) is 16.7. The first-order valence-electron chi connectivity index (χ1n) is 10.0. The van der Waals surface area contributed by atoms with E-state index >= 15 is 0 Å². The van der Waals surface area contributed by atoms with Gasteiger partial charge < -0.3 is 14.7 Å². The van der Waals surface area contributed by atoms with Crippen LogP contribution in [0.3, 0.4) is 0 Å². The summed E-state index contributed by atoms with van der Waals surface area (Å²) in [6, 6.07) is 16.0. The summed E-state index contributed by atoms with van der Waals surface area (Å²) in [5.74, 6) is 0.174. The normalized spacial score (nSPS) is 16.5. The minimum atomic E-state index is -4.42. The maximum atomic E-state index is 12.7. The maximum Gasteiger partial charge on any atom is 0.417 e. The van der Waals surface area contributed by atoms with Crippen LogP contribution in [0.15, 0.2) is 60.8 Å². The van der Waals surface area contributed by atoms with Gasteiger partial charge in [-0.05, 0) is 18.2 Å². The Labute approximate surface area is 178 Å². The molecule has 1 atom stereocenters. The van der Waals surface area contributed by atoms with Crippen LogP contribution in [0.25, 0.3) is 11.3 Å². The molecule has 1 aliphatic rings. The molecular formula is C23H22F3N3O2. The van der Waals surface area contributed by atoms with E-state index in [1.54, 1.807) is 0 Å². The van der Waals surface area contributed by atoms with Crippen molar-refractivity contribution in [1.29, 1.82) is 0 Å². The standard InChI is InChI=1S/C23H22F3N3O2/c24-23(25,26)17-6-9-22(27-14-17)31-18-10-12-29(15-18)21-8-7-19(28-20(21)11-13-30)16-4-2-1-3-5-16/h1-9,14,18,30H,10-13,15H2. The fourth-order valence-corrected chi connectivity index (χ4v) is 3.67. The van der Waals surface area contributed by atoms with E-state index in [1.807, 2.05) is 42.5 Å². The lowest BCUT2D eigenvalue weighted by Gasteiger charge is -2.22. The van der Waals surface area contributed by atoms with Gasteiger partial charge in [-0.15, -0.1) is 0 Å². The Kier molecular flexibility index (Phi) is 6.08. The molecular weight excluding hydrogens is 407 g/mol. The minimum Gasteiger partial charge on any atom is -0.472 e. The van der Waals surface area contributed by atoms with E-state index in [9.17, 15) is 18.3 Å². The molecule has 31 heavy (non-hydrogen) atoms. The summed E-state index contributed by atoms with van der Waals surface area (Å²) < 4.78 is 43.9. The number of ether oxygens (including phenoxy) is 1. The number of alkyl halides is 3. The van der Waals surface area contributed by atoms with Gasteiger partial charge in [0.15, 0.2) is 0 Å². The van der Waals surface area contributed by atoms with Crippen molar-refractivity contribution in [1.82, 2.24) is 9.97 Å². The van der Waals surface area contributed by atoms with E-state index in [2.05, 4.69) is 9.88 Å². The molecule has 4 rings (SSSR count). The van der Waals surface area contributed by atoms with Gasteiger partial charge in [0.1, 0.15) is 6.10 Å². The summed E-state index contributed by atoms with van der Waals surface area (Å²) in [6.45, 7) is 1.27. The van der Waals surface area contributed by atoms with Crippen molar-refractivity contribution in [2.24, 2.45) is 0 Å². The van der Waals surface area contributed by atoms with E-state index < -0.39 is 11.7 Å². The Morgan fingerprint density at radius 3 is 2.55 bits per heavy atom. The fourth-order valence-electron chi connectivity index (χ4n) is 3.67. The molecule has 8 heteroatoms. The second-order valence-corrected chi connectivity index (χ2v) is 7.36. The molecule has 3 aromatic rings. The number of anilines is 1. The number of nitrogens with zero attached hydrogens (tertiary/aromatic N) is 3. The molecule has 1 fully saturated rings. The third-order valence-corrected chi connectivity index (χ3v) is 5.21. The number of aliphatic hydroxyl groups is 1.